The second-order valence-corrected chi connectivity index (χ2v) is 3.98. The number of carboxylic acid groups (broad SMARTS) is 1. The molecule has 0 aliphatic carbocycles. The Hall–Kier alpha value is -1.92. The van der Waals surface area contributed by atoms with E-state index in [0.717, 1.165) is 0 Å². The topological polar surface area (TPSA) is 108 Å². The van der Waals surface area contributed by atoms with Crippen LogP contribution in [0, 0.1) is 0 Å². The molecule has 0 fully saturated rings. The molecule has 7 heteroatoms. The summed E-state index contributed by atoms with van der Waals surface area (Å²) in [4.78, 5) is 33.1. The number of hydrogen-bond acceptors (Lipinski definition) is 4. The van der Waals surface area contributed by atoms with Crippen LogP contribution in [0.5, 0.6) is 0 Å². The molecule has 0 bridgehead atoms. The average Bonchev–Trinajstić information content (AvgIpc) is 2.17. The van der Waals surface area contributed by atoms with Crippen LogP contribution in [0.15, 0.2) is 5.10 Å². The van der Waals surface area contributed by atoms with Crippen molar-refractivity contribution in [3.63, 3.8) is 0 Å². The van der Waals surface area contributed by atoms with Crippen molar-refractivity contribution in [2.45, 2.75) is 32.2 Å². The average molecular weight is 227 g/mol. The molecule has 0 saturated heterocycles. The Bertz CT molecular complexity index is 373. The fraction of sp³-hybridized carbons (Fsp3) is 0.556. The predicted molar refractivity (Wildman–Crippen MR) is 54.7 cm³/mol. The first kappa shape index (κ1) is 12.2. The van der Waals surface area contributed by atoms with E-state index >= 15 is 0 Å². The van der Waals surface area contributed by atoms with Crippen molar-refractivity contribution in [1.29, 1.82) is 0 Å². The van der Waals surface area contributed by atoms with Crippen LogP contribution < -0.4 is 10.7 Å². The highest BCUT2D eigenvalue weighted by atomic mass is 16.4. The first-order valence-corrected chi connectivity index (χ1v) is 4.74. The summed E-state index contributed by atoms with van der Waals surface area (Å²) in [5.74, 6) is -1.97. The van der Waals surface area contributed by atoms with Gasteiger partial charge in [-0.25, -0.2) is 10.2 Å². The van der Waals surface area contributed by atoms with Crippen LogP contribution in [0.25, 0.3) is 0 Å². The maximum absolute atomic E-state index is 11.6. The van der Waals surface area contributed by atoms with Gasteiger partial charge in [-0.05, 0) is 13.8 Å². The van der Waals surface area contributed by atoms with Gasteiger partial charge in [0.2, 0.25) is 5.91 Å². The Kier molecular flexibility index (Phi) is 3.26. The predicted octanol–water partition coefficient (Wildman–Crippen LogP) is -0.768. The van der Waals surface area contributed by atoms with E-state index in [9.17, 15) is 14.4 Å². The Morgan fingerprint density at radius 3 is 2.50 bits per heavy atom. The summed E-state index contributed by atoms with van der Waals surface area (Å²) < 4.78 is 0. The van der Waals surface area contributed by atoms with Gasteiger partial charge < -0.3 is 10.4 Å². The van der Waals surface area contributed by atoms with E-state index in [0.29, 0.717) is 0 Å². The molecule has 0 atom stereocenters. The molecular formula is C9H13N3O4. The van der Waals surface area contributed by atoms with Gasteiger partial charge in [0.15, 0.2) is 0 Å². The first-order chi connectivity index (χ1) is 7.33. The number of hydrogen-bond donors (Lipinski definition) is 3. The molecule has 88 valence electrons. The van der Waals surface area contributed by atoms with E-state index < -0.39 is 17.4 Å². The summed E-state index contributed by atoms with van der Waals surface area (Å²) in [6, 6.07) is 0. The molecule has 0 aromatic carbocycles. The lowest BCUT2D eigenvalue weighted by Gasteiger charge is -2.22. The number of carbonyl (C=O) groups is 3. The smallest absolute Gasteiger partial charge is 0.328 e. The fourth-order valence-corrected chi connectivity index (χ4v) is 1.05. The summed E-state index contributed by atoms with van der Waals surface area (Å²) in [5, 5.41) is 14.7. The zero-order valence-electron chi connectivity index (χ0n) is 9.03. The molecule has 0 aromatic heterocycles. The van der Waals surface area contributed by atoms with Gasteiger partial charge in [0.1, 0.15) is 11.3 Å². The van der Waals surface area contributed by atoms with E-state index in [1.54, 1.807) is 0 Å². The molecule has 0 radical (unpaired) electrons. The number of amides is 2. The lowest BCUT2D eigenvalue weighted by atomic mass is 10.0. The van der Waals surface area contributed by atoms with Crippen LogP contribution in [0.4, 0.5) is 0 Å². The molecule has 0 saturated carbocycles. The molecule has 1 heterocycles. The minimum Gasteiger partial charge on any atom is -0.480 e. The molecule has 0 unspecified atom stereocenters. The van der Waals surface area contributed by atoms with E-state index in [1.807, 2.05) is 0 Å². The van der Waals surface area contributed by atoms with Crippen LogP contribution in [-0.2, 0) is 14.4 Å². The normalized spacial score (nSPS) is 16.1. The second-order valence-electron chi connectivity index (χ2n) is 3.98. The first-order valence-electron chi connectivity index (χ1n) is 4.74. The Labute approximate surface area is 91.9 Å². The number of aliphatic carboxylic acids is 1. The third kappa shape index (κ3) is 2.78. The molecule has 0 spiro atoms. The number of nitrogens with one attached hydrogen (secondary N) is 2. The van der Waals surface area contributed by atoms with Gasteiger partial charge in [0.25, 0.3) is 5.91 Å². The molecule has 0 aromatic rings. The molecule has 16 heavy (non-hydrogen) atoms. The SMILES string of the molecule is CC(C)(NC(=O)C1=NNC(=O)CC1)C(=O)O. The molecule has 1 aliphatic rings. The van der Waals surface area contributed by atoms with Crippen LogP contribution in [0.2, 0.25) is 0 Å². The van der Waals surface area contributed by atoms with Gasteiger partial charge in [-0.15, -0.1) is 0 Å². The summed E-state index contributed by atoms with van der Waals surface area (Å²) >= 11 is 0. The maximum atomic E-state index is 11.6. The van der Waals surface area contributed by atoms with Gasteiger partial charge in [-0.1, -0.05) is 0 Å². The number of hydrazone groups is 1. The highest BCUT2D eigenvalue weighted by Crippen LogP contribution is 2.05. The van der Waals surface area contributed by atoms with Crippen molar-refractivity contribution in [2.75, 3.05) is 0 Å². The largest absolute Gasteiger partial charge is 0.480 e. The van der Waals surface area contributed by atoms with Crippen molar-refractivity contribution in [3.05, 3.63) is 0 Å². The molecular weight excluding hydrogens is 214 g/mol. The lowest BCUT2D eigenvalue weighted by Crippen LogP contribution is -2.52. The molecule has 2 amide bonds. The van der Waals surface area contributed by atoms with Crippen LogP contribution >= 0.6 is 0 Å². The Balaban J connectivity index is 2.66. The van der Waals surface area contributed by atoms with Crippen molar-refractivity contribution in [2.24, 2.45) is 5.10 Å². The summed E-state index contributed by atoms with van der Waals surface area (Å²) in [6.45, 7) is 2.74. The molecule has 7 nitrogen and oxygen atoms in total. The minimum atomic E-state index is -1.36. The van der Waals surface area contributed by atoms with Gasteiger partial charge in [0.05, 0.1) is 0 Å². The quantitative estimate of drug-likeness (QED) is 0.588. The zero-order valence-corrected chi connectivity index (χ0v) is 9.03. The molecule has 1 rings (SSSR count). The molecule has 3 N–H and O–H groups in total. The van der Waals surface area contributed by atoms with Crippen LogP contribution in [0.1, 0.15) is 26.7 Å². The van der Waals surface area contributed by atoms with Crippen molar-refractivity contribution < 1.29 is 19.5 Å². The maximum Gasteiger partial charge on any atom is 0.328 e. The van der Waals surface area contributed by atoms with Gasteiger partial charge >= 0.3 is 5.97 Å². The van der Waals surface area contributed by atoms with E-state index in [-0.39, 0.29) is 24.5 Å². The van der Waals surface area contributed by atoms with Gasteiger partial charge in [-0.2, -0.15) is 5.10 Å². The summed E-state index contributed by atoms with van der Waals surface area (Å²) in [6.07, 6.45) is 0.396. The van der Waals surface area contributed by atoms with E-state index in [2.05, 4.69) is 15.8 Å². The number of rotatable bonds is 3. The second kappa shape index (κ2) is 4.30. The highest BCUT2D eigenvalue weighted by molar-refractivity contribution is 6.40. The lowest BCUT2D eigenvalue weighted by molar-refractivity contribution is -0.145. The van der Waals surface area contributed by atoms with Crippen LogP contribution in [-0.4, -0.2) is 34.1 Å². The van der Waals surface area contributed by atoms with E-state index in [1.165, 1.54) is 13.8 Å². The van der Waals surface area contributed by atoms with Gasteiger partial charge in [0, 0.05) is 12.8 Å². The Morgan fingerprint density at radius 1 is 1.44 bits per heavy atom. The van der Waals surface area contributed by atoms with Gasteiger partial charge in [-0.3, -0.25) is 9.59 Å². The standard InChI is InChI=1S/C9H13N3O4/c1-9(2,8(15)16)10-7(14)5-3-4-6(13)12-11-5/h3-4H2,1-2H3,(H,10,14)(H,12,13)(H,15,16). The third-order valence-corrected chi connectivity index (χ3v) is 2.13. The number of carbonyl (C=O) groups excluding carboxylic acids is 2. The van der Waals surface area contributed by atoms with Crippen molar-refractivity contribution in [3.8, 4) is 0 Å². The van der Waals surface area contributed by atoms with Crippen LogP contribution in [0.3, 0.4) is 0 Å². The molecule has 1 aliphatic heterocycles. The Morgan fingerprint density at radius 2 is 2.06 bits per heavy atom. The fourth-order valence-electron chi connectivity index (χ4n) is 1.05. The van der Waals surface area contributed by atoms with E-state index in [4.69, 9.17) is 5.11 Å². The summed E-state index contributed by atoms with van der Waals surface area (Å²) in [7, 11) is 0. The number of nitrogens with zero attached hydrogens (tertiary/aromatic N) is 1. The third-order valence-electron chi connectivity index (χ3n) is 2.13. The summed E-state index contributed by atoms with van der Waals surface area (Å²) in [5.41, 5.74) is 0.942. The van der Waals surface area contributed by atoms with Crippen molar-refractivity contribution >= 4 is 23.5 Å². The number of carboxylic acids is 1. The minimum absolute atomic E-state index is 0.133. The zero-order chi connectivity index (χ0) is 12.3. The van der Waals surface area contributed by atoms with Crippen molar-refractivity contribution in [1.82, 2.24) is 10.7 Å². The highest BCUT2D eigenvalue weighted by Gasteiger charge is 2.31. The monoisotopic (exact) mass is 227 g/mol.